The number of ketones is 1. The van der Waals surface area contributed by atoms with Crippen LogP contribution in [0.15, 0.2) is 11.6 Å². The summed E-state index contributed by atoms with van der Waals surface area (Å²) >= 11 is 0. The average molecular weight is 677 g/mol. The highest BCUT2D eigenvalue weighted by atomic mass is 16.6. The minimum atomic E-state index is -1.10. The van der Waals surface area contributed by atoms with Gasteiger partial charge in [-0.1, -0.05) is 25.3 Å². The zero-order valence-corrected chi connectivity index (χ0v) is 28.9. The summed E-state index contributed by atoms with van der Waals surface area (Å²) in [7, 11) is 0. The third-order valence-electron chi connectivity index (χ3n) is 13.2. The fourth-order valence-corrected chi connectivity index (χ4v) is 10.5. The number of hydrogen-bond donors (Lipinski definition) is 6. The number of carbonyl (C=O) groups excluding carboxylic acids is 2. The highest BCUT2D eigenvalue weighted by molar-refractivity contribution is 5.89. The number of nitrogens with one attached hydrogen (secondary N) is 1. The van der Waals surface area contributed by atoms with Gasteiger partial charge in [0.25, 0.3) is 0 Å². The maximum absolute atomic E-state index is 14.0. The van der Waals surface area contributed by atoms with E-state index >= 15 is 0 Å². The first-order valence-electron chi connectivity index (χ1n) is 18.9. The zero-order valence-electron chi connectivity index (χ0n) is 28.9. The standard InChI is InChI=1S/C37H60N2O9/c1-3-26(21-7-4-5-8-21)36(45)47-29-16-27-33(44)32-28(43)15-25(19-41)46-35(32)31(22-9-6-10-24(42)14-22)34(27)48-37(29,2)23(18-40)13-20-11-12-30(38)39-17-20/h3,20-25,27,29-35,39-42,44H,4-19,38H2,1-2H3. The van der Waals surface area contributed by atoms with E-state index in [1.54, 1.807) is 0 Å². The molecule has 7 N–H and O–H groups in total. The predicted octanol–water partition coefficient (Wildman–Crippen LogP) is 2.36. The van der Waals surface area contributed by atoms with Crippen molar-refractivity contribution < 1.29 is 44.2 Å². The Morgan fingerprint density at radius 3 is 2.50 bits per heavy atom. The monoisotopic (exact) mass is 676 g/mol. The Balaban J connectivity index is 1.36. The number of allylic oxidation sites excluding steroid dienone is 1. The average Bonchev–Trinajstić information content (AvgIpc) is 3.60. The van der Waals surface area contributed by atoms with E-state index in [2.05, 4.69) is 5.32 Å². The summed E-state index contributed by atoms with van der Waals surface area (Å²) in [5, 5.41) is 47.3. The normalized spacial score (nSPS) is 44.9. The topological polar surface area (TPSA) is 181 Å². The number of hydrogen-bond acceptors (Lipinski definition) is 11. The van der Waals surface area contributed by atoms with Crippen molar-refractivity contribution in [2.24, 2.45) is 47.2 Å². The summed E-state index contributed by atoms with van der Waals surface area (Å²) in [6.07, 6.45) is 7.22. The number of nitrogens with two attached hydrogens (primary N) is 1. The second-order valence-electron chi connectivity index (χ2n) is 16.1. The molecular weight excluding hydrogens is 616 g/mol. The molecule has 0 aromatic carbocycles. The van der Waals surface area contributed by atoms with Crippen LogP contribution in [0.1, 0.15) is 97.3 Å². The Bertz CT molecular complexity index is 1150. The molecule has 3 aliphatic carbocycles. The van der Waals surface area contributed by atoms with Gasteiger partial charge in [0, 0.05) is 36.4 Å². The van der Waals surface area contributed by atoms with Gasteiger partial charge in [0.15, 0.2) is 0 Å². The summed E-state index contributed by atoms with van der Waals surface area (Å²) in [6, 6.07) is 0. The van der Waals surface area contributed by atoms with Crippen LogP contribution in [0.4, 0.5) is 0 Å². The molecule has 14 atom stereocenters. The third-order valence-corrected chi connectivity index (χ3v) is 13.2. The first kappa shape index (κ1) is 36.4. The van der Waals surface area contributed by atoms with E-state index in [0.29, 0.717) is 24.8 Å². The van der Waals surface area contributed by atoms with E-state index in [1.807, 2.05) is 19.9 Å². The van der Waals surface area contributed by atoms with Crippen LogP contribution >= 0.6 is 0 Å². The highest BCUT2D eigenvalue weighted by Crippen LogP contribution is 2.54. The Morgan fingerprint density at radius 1 is 1.08 bits per heavy atom. The molecule has 3 saturated carbocycles. The summed E-state index contributed by atoms with van der Waals surface area (Å²) in [4.78, 5) is 27.6. The van der Waals surface area contributed by atoms with Crippen LogP contribution < -0.4 is 11.1 Å². The van der Waals surface area contributed by atoms with Crippen molar-refractivity contribution in [1.82, 2.24) is 5.32 Å². The molecule has 3 heterocycles. The highest BCUT2D eigenvalue weighted by Gasteiger charge is 2.64. The summed E-state index contributed by atoms with van der Waals surface area (Å²) in [5.74, 6) is -2.16. The molecule has 11 heteroatoms. The number of aliphatic hydroxyl groups is 4. The van der Waals surface area contributed by atoms with E-state index < -0.39 is 54.1 Å². The predicted molar refractivity (Wildman–Crippen MR) is 177 cm³/mol. The van der Waals surface area contributed by atoms with Crippen molar-refractivity contribution in [2.45, 2.75) is 146 Å². The molecule has 0 spiro atoms. The van der Waals surface area contributed by atoms with E-state index in [-0.39, 0.29) is 73.6 Å². The van der Waals surface area contributed by atoms with Gasteiger partial charge in [0.1, 0.15) is 17.5 Å². The second-order valence-corrected chi connectivity index (χ2v) is 16.1. The van der Waals surface area contributed by atoms with Crippen LogP contribution in [0.2, 0.25) is 0 Å². The molecule has 272 valence electrons. The SMILES string of the molecule is CC=C(C(=O)OC1CC2C(O)C3C(=O)CC(CO)OC3C(C3CCCC(O)C3)C2OC1(C)C(CO)CC1CCC(N)NC1)C1CCCC1. The van der Waals surface area contributed by atoms with Crippen LogP contribution in [0.5, 0.6) is 0 Å². The fraction of sp³-hybridized carbons (Fsp3) is 0.892. The number of carbonyl (C=O) groups is 2. The first-order chi connectivity index (χ1) is 23.1. The lowest BCUT2D eigenvalue weighted by Crippen LogP contribution is -2.70. The molecule has 6 fully saturated rings. The Hall–Kier alpha value is -1.44. The Kier molecular flexibility index (Phi) is 11.7. The minimum absolute atomic E-state index is 0.0246. The molecule has 6 aliphatic rings. The molecule has 0 bridgehead atoms. The minimum Gasteiger partial charge on any atom is -0.456 e. The molecule has 3 saturated heterocycles. The van der Waals surface area contributed by atoms with Gasteiger partial charge in [-0.15, -0.1) is 0 Å². The van der Waals surface area contributed by atoms with Gasteiger partial charge in [0.05, 0.1) is 49.2 Å². The second kappa shape index (κ2) is 15.4. The number of Topliss-reactive ketones (excluding diaryl/α,β-unsaturated/α-hetero) is 1. The smallest absolute Gasteiger partial charge is 0.334 e. The summed E-state index contributed by atoms with van der Waals surface area (Å²) in [5.41, 5.74) is 5.69. The lowest BCUT2D eigenvalue weighted by atomic mass is 9.57. The molecule has 6 rings (SSSR count). The van der Waals surface area contributed by atoms with Crippen LogP contribution in [0.3, 0.4) is 0 Å². The molecule has 48 heavy (non-hydrogen) atoms. The Morgan fingerprint density at radius 2 is 1.85 bits per heavy atom. The van der Waals surface area contributed by atoms with Crippen molar-refractivity contribution in [2.75, 3.05) is 19.8 Å². The molecule has 0 radical (unpaired) electrons. The maximum Gasteiger partial charge on any atom is 0.334 e. The molecule has 0 aromatic rings. The van der Waals surface area contributed by atoms with Crippen LogP contribution in [0, 0.1) is 41.4 Å². The van der Waals surface area contributed by atoms with Gasteiger partial charge in [-0.3, -0.25) is 4.79 Å². The number of aliphatic hydroxyl groups excluding tert-OH is 4. The van der Waals surface area contributed by atoms with Gasteiger partial charge in [0.2, 0.25) is 0 Å². The van der Waals surface area contributed by atoms with Gasteiger partial charge in [-0.05, 0) is 95.9 Å². The molecule has 14 unspecified atom stereocenters. The third kappa shape index (κ3) is 7.17. The van der Waals surface area contributed by atoms with Crippen LogP contribution in [-0.4, -0.2) is 100 Å². The number of rotatable bonds is 9. The van der Waals surface area contributed by atoms with E-state index in [1.165, 1.54) is 0 Å². The maximum atomic E-state index is 14.0. The summed E-state index contributed by atoms with van der Waals surface area (Å²) in [6.45, 7) is 4.07. The molecule has 11 nitrogen and oxygen atoms in total. The molecule has 0 amide bonds. The van der Waals surface area contributed by atoms with Crippen LogP contribution in [0.25, 0.3) is 0 Å². The van der Waals surface area contributed by atoms with E-state index in [9.17, 15) is 30.0 Å². The van der Waals surface area contributed by atoms with Crippen molar-refractivity contribution in [3.63, 3.8) is 0 Å². The Labute approximate surface area is 285 Å². The fourth-order valence-electron chi connectivity index (χ4n) is 10.5. The molecule has 0 aromatic heterocycles. The number of esters is 1. The van der Waals surface area contributed by atoms with E-state index in [0.717, 1.165) is 57.9 Å². The number of ether oxygens (including phenoxy) is 3. The lowest BCUT2D eigenvalue weighted by molar-refractivity contribution is -0.303. The van der Waals surface area contributed by atoms with Crippen molar-refractivity contribution in [3.8, 4) is 0 Å². The van der Waals surface area contributed by atoms with Gasteiger partial charge in [-0.2, -0.15) is 0 Å². The van der Waals surface area contributed by atoms with Gasteiger partial charge >= 0.3 is 5.97 Å². The van der Waals surface area contributed by atoms with Gasteiger partial charge < -0.3 is 45.7 Å². The van der Waals surface area contributed by atoms with Crippen molar-refractivity contribution in [1.29, 1.82) is 0 Å². The zero-order chi connectivity index (χ0) is 34.2. The van der Waals surface area contributed by atoms with Crippen molar-refractivity contribution in [3.05, 3.63) is 11.6 Å². The quantitative estimate of drug-likeness (QED) is 0.156. The first-order valence-corrected chi connectivity index (χ1v) is 18.9. The largest absolute Gasteiger partial charge is 0.456 e. The molecular formula is C37H60N2O9. The van der Waals surface area contributed by atoms with Crippen LogP contribution in [-0.2, 0) is 23.8 Å². The van der Waals surface area contributed by atoms with Crippen molar-refractivity contribution >= 4 is 11.8 Å². The molecule has 3 aliphatic heterocycles. The number of fused-ring (bicyclic) bond motifs is 2. The van der Waals surface area contributed by atoms with E-state index in [4.69, 9.17) is 19.9 Å². The number of piperidine rings is 1. The summed E-state index contributed by atoms with van der Waals surface area (Å²) < 4.78 is 20.2. The lowest BCUT2D eigenvalue weighted by Gasteiger charge is -2.60. The van der Waals surface area contributed by atoms with Gasteiger partial charge in [-0.25, -0.2) is 4.79 Å².